The third-order valence-corrected chi connectivity index (χ3v) is 3.15. The molecule has 1 saturated heterocycles. The molecular weight excluding hydrogens is 203 g/mol. The number of aliphatic hydroxyl groups is 1. The minimum atomic E-state index is -1.15. The smallest absolute Gasteiger partial charge is 0.164 e. The molecule has 0 saturated carbocycles. The highest BCUT2D eigenvalue weighted by Crippen LogP contribution is 2.40. The Labute approximate surface area is 84.1 Å². The zero-order valence-electron chi connectivity index (χ0n) is 8.14. The average Bonchev–Trinajstić information content (AvgIpc) is 2.50. The summed E-state index contributed by atoms with van der Waals surface area (Å²) in [6.45, 7) is 3.60. The lowest BCUT2D eigenvalue weighted by Gasteiger charge is -2.26. The van der Waals surface area contributed by atoms with Crippen molar-refractivity contribution < 1.29 is 19.1 Å². The maximum Gasteiger partial charge on any atom is 0.164 e. The summed E-state index contributed by atoms with van der Waals surface area (Å²) < 4.78 is 21.6. The fourth-order valence-electron chi connectivity index (χ4n) is 1.92. The number of ether oxygens (including phenoxy) is 2. The zero-order valence-corrected chi connectivity index (χ0v) is 9.03. The van der Waals surface area contributed by atoms with Crippen molar-refractivity contribution in [1.29, 1.82) is 0 Å². The van der Waals surface area contributed by atoms with Gasteiger partial charge in [0.2, 0.25) is 0 Å². The molecule has 14 heavy (non-hydrogen) atoms. The molecule has 0 radical (unpaired) electrons. The molecule has 0 spiro atoms. The largest absolute Gasteiger partial charge is 0.382 e. The maximum absolute atomic E-state index is 10.5. The van der Waals surface area contributed by atoms with E-state index in [4.69, 9.17) is 9.47 Å². The standard InChI is InChI=1S/C9H13O4P/c1-8(2)12-6-3-4-9(10,5-14-11)7(6)13-8/h3-4,6-7,10H,5H2,1-2H3/t6-,7-,9+/m0/s1. The van der Waals surface area contributed by atoms with Gasteiger partial charge in [0.15, 0.2) is 14.2 Å². The molecule has 3 atom stereocenters. The van der Waals surface area contributed by atoms with Crippen LogP contribution in [0.4, 0.5) is 0 Å². The second kappa shape index (κ2) is 3.11. The van der Waals surface area contributed by atoms with Crippen LogP contribution >= 0.6 is 8.46 Å². The molecule has 1 fully saturated rings. The van der Waals surface area contributed by atoms with E-state index in [1.165, 1.54) is 0 Å². The van der Waals surface area contributed by atoms with Gasteiger partial charge in [-0.15, -0.1) is 0 Å². The molecule has 2 aliphatic rings. The van der Waals surface area contributed by atoms with Gasteiger partial charge in [0.1, 0.15) is 17.8 Å². The van der Waals surface area contributed by atoms with Gasteiger partial charge in [-0.2, -0.15) is 0 Å². The Balaban J connectivity index is 2.19. The first-order valence-corrected chi connectivity index (χ1v) is 5.53. The Morgan fingerprint density at radius 3 is 2.86 bits per heavy atom. The quantitative estimate of drug-likeness (QED) is 0.554. The highest BCUT2D eigenvalue weighted by Gasteiger charge is 2.53. The van der Waals surface area contributed by atoms with Crippen LogP contribution in [0.2, 0.25) is 0 Å². The number of hydrogen-bond acceptors (Lipinski definition) is 4. The Hall–Kier alpha value is -0.280. The van der Waals surface area contributed by atoms with Gasteiger partial charge in [-0.1, -0.05) is 12.2 Å². The molecular formula is C9H13O4P. The van der Waals surface area contributed by atoms with Crippen LogP contribution in [0, 0.1) is 0 Å². The molecule has 0 aromatic carbocycles. The molecule has 1 heterocycles. The average molecular weight is 216 g/mol. The Bertz CT molecular complexity index is 289. The monoisotopic (exact) mass is 216 g/mol. The first kappa shape index (κ1) is 10.2. The summed E-state index contributed by atoms with van der Waals surface area (Å²) in [5, 5.41) is 10.1. The molecule has 0 aromatic heterocycles. The minimum absolute atomic E-state index is 0.0878. The highest BCUT2D eigenvalue weighted by molar-refractivity contribution is 7.23. The lowest BCUT2D eigenvalue weighted by Crippen LogP contribution is -2.43. The van der Waals surface area contributed by atoms with Crippen LogP contribution < -0.4 is 0 Å². The van der Waals surface area contributed by atoms with Crippen molar-refractivity contribution in [3.63, 3.8) is 0 Å². The van der Waals surface area contributed by atoms with Crippen molar-refractivity contribution in [2.75, 3.05) is 6.16 Å². The fourth-order valence-corrected chi connectivity index (χ4v) is 2.41. The summed E-state index contributed by atoms with van der Waals surface area (Å²) in [6.07, 6.45) is 2.87. The van der Waals surface area contributed by atoms with Gasteiger partial charge in [0.05, 0.1) is 6.16 Å². The molecule has 2 rings (SSSR count). The predicted octanol–water partition coefficient (Wildman–Crippen LogP) is 1.10. The van der Waals surface area contributed by atoms with E-state index in [2.05, 4.69) is 0 Å². The highest BCUT2D eigenvalue weighted by atomic mass is 31.1. The molecule has 78 valence electrons. The molecule has 0 amide bonds. The first-order valence-electron chi connectivity index (χ1n) is 4.53. The third kappa shape index (κ3) is 1.52. The maximum atomic E-state index is 10.5. The zero-order chi connectivity index (χ0) is 10.4. The summed E-state index contributed by atoms with van der Waals surface area (Å²) in [5.74, 6) is -0.673. The molecule has 5 heteroatoms. The van der Waals surface area contributed by atoms with Gasteiger partial charge in [0, 0.05) is 0 Å². The Morgan fingerprint density at radius 1 is 1.50 bits per heavy atom. The molecule has 0 unspecified atom stereocenters. The van der Waals surface area contributed by atoms with Gasteiger partial charge in [-0.25, -0.2) is 0 Å². The molecule has 1 aliphatic heterocycles. The Kier molecular flexibility index (Phi) is 2.27. The van der Waals surface area contributed by atoms with E-state index in [1.54, 1.807) is 26.0 Å². The summed E-state index contributed by atoms with van der Waals surface area (Å²) >= 11 is 0. The molecule has 0 bridgehead atoms. The third-order valence-electron chi connectivity index (χ3n) is 2.51. The van der Waals surface area contributed by atoms with Gasteiger partial charge in [0.25, 0.3) is 0 Å². The number of fused-ring (bicyclic) bond motifs is 1. The molecule has 1 N–H and O–H groups in total. The van der Waals surface area contributed by atoms with Crippen molar-refractivity contribution in [3.05, 3.63) is 12.2 Å². The van der Waals surface area contributed by atoms with Crippen molar-refractivity contribution in [2.24, 2.45) is 0 Å². The number of rotatable bonds is 2. The van der Waals surface area contributed by atoms with E-state index in [0.717, 1.165) is 0 Å². The topological polar surface area (TPSA) is 55.8 Å². The van der Waals surface area contributed by atoms with Crippen LogP contribution in [0.15, 0.2) is 12.2 Å². The van der Waals surface area contributed by atoms with Gasteiger partial charge in [-0.05, 0) is 13.8 Å². The summed E-state index contributed by atoms with van der Waals surface area (Å²) in [7, 11) is -0.0878. The van der Waals surface area contributed by atoms with E-state index < -0.39 is 17.5 Å². The predicted molar refractivity (Wildman–Crippen MR) is 50.4 cm³/mol. The summed E-state index contributed by atoms with van der Waals surface area (Å²) in [4.78, 5) is 0. The normalized spacial score (nSPS) is 44.5. The van der Waals surface area contributed by atoms with Crippen LogP contribution in [0.25, 0.3) is 0 Å². The van der Waals surface area contributed by atoms with Gasteiger partial charge >= 0.3 is 0 Å². The van der Waals surface area contributed by atoms with Crippen LogP contribution in [-0.4, -0.2) is 34.9 Å². The second-order valence-corrected chi connectivity index (χ2v) is 4.73. The van der Waals surface area contributed by atoms with E-state index in [0.29, 0.717) is 0 Å². The van der Waals surface area contributed by atoms with Crippen molar-refractivity contribution in [2.45, 2.75) is 37.4 Å². The first-order chi connectivity index (χ1) is 6.47. The van der Waals surface area contributed by atoms with Crippen LogP contribution in [0.3, 0.4) is 0 Å². The summed E-state index contributed by atoms with van der Waals surface area (Å²) in [5.41, 5.74) is -1.15. The Morgan fingerprint density at radius 2 is 2.21 bits per heavy atom. The fraction of sp³-hybridized carbons (Fsp3) is 0.778. The molecule has 0 aromatic rings. The lowest BCUT2D eigenvalue weighted by molar-refractivity contribution is -0.161. The van der Waals surface area contributed by atoms with Crippen LogP contribution in [0.5, 0.6) is 0 Å². The van der Waals surface area contributed by atoms with Crippen molar-refractivity contribution >= 4 is 8.46 Å². The van der Waals surface area contributed by atoms with E-state index in [-0.39, 0.29) is 20.7 Å². The lowest BCUT2D eigenvalue weighted by atomic mass is 10.0. The summed E-state index contributed by atoms with van der Waals surface area (Å²) in [6, 6.07) is 0. The second-order valence-electron chi connectivity index (χ2n) is 4.16. The van der Waals surface area contributed by atoms with E-state index >= 15 is 0 Å². The molecule has 4 nitrogen and oxygen atoms in total. The van der Waals surface area contributed by atoms with E-state index in [1.807, 2.05) is 0 Å². The van der Waals surface area contributed by atoms with E-state index in [9.17, 15) is 9.67 Å². The van der Waals surface area contributed by atoms with Crippen molar-refractivity contribution in [3.8, 4) is 0 Å². The van der Waals surface area contributed by atoms with Gasteiger partial charge < -0.3 is 14.6 Å². The SMILES string of the molecule is CC1(C)O[C@H]2C=C[C@@](O)(CP=O)[C@H]2O1. The van der Waals surface area contributed by atoms with Crippen molar-refractivity contribution in [1.82, 2.24) is 0 Å². The number of hydrogen-bond donors (Lipinski definition) is 1. The minimum Gasteiger partial charge on any atom is -0.382 e. The molecule has 1 aliphatic carbocycles. The van der Waals surface area contributed by atoms with Gasteiger partial charge in [-0.3, -0.25) is 4.57 Å². The van der Waals surface area contributed by atoms with Crippen LogP contribution in [0.1, 0.15) is 13.8 Å². The van der Waals surface area contributed by atoms with Crippen LogP contribution in [-0.2, 0) is 14.0 Å².